The second-order valence-electron chi connectivity index (χ2n) is 4.81. The summed E-state index contributed by atoms with van der Waals surface area (Å²) < 4.78 is 5.71. The summed E-state index contributed by atoms with van der Waals surface area (Å²) >= 11 is 0. The Labute approximate surface area is 121 Å². The fourth-order valence-electron chi connectivity index (χ4n) is 1.93. The molecule has 0 fully saturated rings. The molecular weight excluding hydrogens is 248 g/mol. The molecule has 1 N–H and O–H groups in total. The normalized spacial score (nSPS) is 10.4. The van der Waals surface area contributed by atoms with Gasteiger partial charge in [0.25, 0.3) is 0 Å². The van der Waals surface area contributed by atoms with Crippen LogP contribution in [0.2, 0.25) is 0 Å². The third-order valence-electron chi connectivity index (χ3n) is 3.05. The molecule has 0 saturated carbocycles. The van der Waals surface area contributed by atoms with Crippen LogP contribution in [0.25, 0.3) is 0 Å². The van der Waals surface area contributed by atoms with E-state index in [1.807, 2.05) is 24.4 Å². The molecule has 3 nitrogen and oxygen atoms in total. The van der Waals surface area contributed by atoms with Gasteiger partial charge in [0.2, 0.25) is 0 Å². The Morgan fingerprint density at radius 3 is 2.75 bits per heavy atom. The van der Waals surface area contributed by atoms with Gasteiger partial charge in [-0.2, -0.15) is 0 Å². The van der Waals surface area contributed by atoms with E-state index in [9.17, 15) is 0 Å². The van der Waals surface area contributed by atoms with Gasteiger partial charge >= 0.3 is 0 Å². The molecule has 0 bridgehead atoms. The van der Waals surface area contributed by atoms with Crippen molar-refractivity contribution in [3.63, 3.8) is 0 Å². The molecule has 0 amide bonds. The van der Waals surface area contributed by atoms with E-state index in [2.05, 4.69) is 35.4 Å². The Balaban J connectivity index is 1.79. The fourth-order valence-corrected chi connectivity index (χ4v) is 1.93. The van der Waals surface area contributed by atoms with E-state index in [4.69, 9.17) is 4.74 Å². The Morgan fingerprint density at radius 2 is 1.95 bits per heavy atom. The lowest BCUT2D eigenvalue weighted by molar-refractivity contribution is 0.309. The minimum absolute atomic E-state index is 0.795. The van der Waals surface area contributed by atoms with E-state index in [0.29, 0.717) is 0 Å². The molecule has 0 aliphatic rings. The third-order valence-corrected chi connectivity index (χ3v) is 3.05. The Kier molecular flexibility index (Phi) is 6.06. The second kappa shape index (κ2) is 8.33. The number of rotatable bonds is 8. The first-order valence-corrected chi connectivity index (χ1v) is 7.20. The summed E-state index contributed by atoms with van der Waals surface area (Å²) in [5.74, 6) is 0.958. The van der Waals surface area contributed by atoms with Gasteiger partial charge in [0.05, 0.1) is 6.61 Å². The van der Waals surface area contributed by atoms with Gasteiger partial charge in [-0.15, -0.1) is 0 Å². The predicted octanol–water partition coefficient (Wildman–Crippen LogP) is 3.55. The number of benzene rings is 1. The standard InChI is InChI=1S/C17H22N2O/c1-2-3-10-20-17-8-4-6-15(11-17)12-19-14-16-7-5-9-18-13-16/h4-9,11,13,19H,2-3,10,12,14H2,1H3. The molecule has 0 aliphatic heterocycles. The summed E-state index contributed by atoms with van der Waals surface area (Å²) in [4.78, 5) is 4.11. The molecule has 0 aliphatic carbocycles. The number of hydrogen-bond donors (Lipinski definition) is 1. The van der Waals surface area contributed by atoms with Crippen LogP contribution in [0, 0.1) is 0 Å². The summed E-state index contributed by atoms with van der Waals surface area (Å²) in [6.45, 7) is 4.62. The molecule has 20 heavy (non-hydrogen) atoms. The number of ether oxygens (including phenoxy) is 1. The quantitative estimate of drug-likeness (QED) is 0.745. The molecule has 2 rings (SSSR count). The molecule has 1 aromatic carbocycles. The molecule has 3 heteroatoms. The lowest BCUT2D eigenvalue weighted by Gasteiger charge is -2.08. The Bertz CT molecular complexity index is 499. The smallest absolute Gasteiger partial charge is 0.119 e. The number of hydrogen-bond acceptors (Lipinski definition) is 3. The molecule has 106 valence electrons. The van der Waals surface area contributed by atoms with E-state index in [1.165, 1.54) is 11.1 Å². The number of nitrogens with one attached hydrogen (secondary N) is 1. The fraction of sp³-hybridized carbons (Fsp3) is 0.353. The monoisotopic (exact) mass is 270 g/mol. The van der Waals surface area contributed by atoms with Crippen LogP contribution in [0.4, 0.5) is 0 Å². The van der Waals surface area contributed by atoms with Crippen molar-refractivity contribution in [1.82, 2.24) is 10.3 Å². The van der Waals surface area contributed by atoms with Crippen LogP contribution in [-0.4, -0.2) is 11.6 Å². The van der Waals surface area contributed by atoms with E-state index in [1.54, 1.807) is 6.20 Å². The van der Waals surface area contributed by atoms with Gasteiger partial charge in [-0.05, 0) is 35.7 Å². The number of pyridine rings is 1. The average Bonchev–Trinajstić information content (AvgIpc) is 2.49. The molecule has 1 aromatic heterocycles. The topological polar surface area (TPSA) is 34.1 Å². The minimum Gasteiger partial charge on any atom is -0.494 e. The summed E-state index contributed by atoms with van der Waals surface area (Å²) in [5.41, 5.74) is 2.44. The molecular formula is C17H22N2O. The van der Waals surface area contributed by atoms with Crippen molar-refractivity contribution in [1.29, 1.82) is 0 Å². The largest absolute Gasteiger partial charge is 0.494 e. The summed E-state index contributed by atoms with van der Waals surface area (Å²) in [6, 6.07) is 12.3. The zero-order chi connectivity index (χ0) is 14.0. The van der Waals surface area contributed by atoms with E-state index in [0.717, 1.165) is 38.3 Å². The Hall–Kier alpha value is -1.87. The zero-order valence-corrected chi connectivity index (χ0v) is 12.0. The second-order valence-corrected chi connectivity index (χ2v) is 4.81. The van der Waals surface area contributed by atoms with E-state index >= 15 is 0 Å². The van der Waals surface area contributed by atoms with Crippen molar-refractivity contribution in [2.45, 2.75) is 32.9 Å². The SMILES string of the molecule is CCCCOc1cccc(CNCc2cccnc2)c1. The van der Waals surface area contributed by atoms with Gasteiger partial charge in [-0.1, -0.05) is 31.5 Å². The first-order valence-electron chi connectivity index (χ1n) is 7.20. The highest BCUT2D eigenvalue weighted by molar-refractivity contribution is 5.28. The van der Waals surface area contributed by atoms with Crippen molar-refractivity contribution >= 4 is 0 Å². The highest BCUT2D eigenvalue weighted by Crippen LogP contribution is 2.13. The van der Waals surface area contributed by atoms with Crippen molar-refractivity contribution in [2.24, 2.45) is 0 Å². The lowest BCUT2D eigenvalue weighted by atomic mass is 10.2. The minimum atomic E-state index is 0.795. The molecule has 0 radical (unpaired) electrons. The van der Waals surface area contributed by atoms with E-state index in [-0.39, 0.29) is 0 Å². The highest BCUT2D eigenvalue weighted by atomic mass is 16.5. The van der Waals surface area contributed by atoms with Crippen LogP contribution < -0.4 is 10.1 Å². The maximum Gasteiger partial charge on any atom is 0.119 e. The van der Waals surface area contributed by atoms with Gasteiger partial charge in [-0.25, -0.2) is 0 Å². The first-order chi connectivity index (χ1) is 9.88. The van der Waals surface area contributed by atoms with Crippen molar-refractivity contribution in [2.75, 3.05) is 6.61 Å². The van der Waals surface area contributed by atoms with Crippen LogP contribution in [0.15, 0.2) is 48.8 Å². The van der Waals surface area contributed by atoms with Crippen molar-refractivity contribution in [3.8, 4) is 5.75 Å². The average molecular weight is 270 g/mol. The van der Waals surface area contributed by atoms with Crippen LogP contribution in [0.5, 0.6) is 5.75 Å². The predicted molar refractivity (Wildman–Crippen MR) is 81.6 cm³/mol. The third kappa shape index (κ3) is 5.02. The van der Waals surface area contributed by atoms with Crippen molar-refractivity contribution in [3.05, 3.63) is 59.9 Å². The first kappa shape index (κ1) is 14.5. The molecule has 0 unspecified atom stereocenters. The van der Waals surface area contributed by atoms with Gasteiger partial charge in [-0.3, -0.25) is 4.98 Å². The summed E-state index contributed by atoms with van der Waals surface area (Å²) in [7, 11) is 0. The lowest BCUT2D eigenvalue weighted by Crippen LogP contribution is -2.12. The molecule has 2 aromatic rings. The van der Waals surface area contributed by atoms with Crippen molar-refractivity contribution < 1.29 is 4.74 Å². The van der Waals surface area contributed by atoms with Gasteiger partial charge in [0, 0.05) is 25.5 Å². The maximum atomic E-state index is 5.71. The Morgan fingerprint density at radius 1 is 1.10 bits per heavy atom. The highest BCUT2D eigenvalue weighted by Gasteiger charge is 1.98. The molecule has 0 spiro atoms. The molecule has 0 saturated heterocycles. The van der Waals surface area contributed by atoms with Crippen LogP contribution in [0.1, 0.15) is 30.9 Å². The van der Waals surface area contributed by atoms with Crippen LogP contribution in [0.3, 0.4) is 0 Å². The van der Waals surface area contributed by atoms with Crippen LogP contribution >= 0.6 is 0 Å². The number of unbranched alkanes of at least 4 members (excludes halogenated alkanes) is 1. The van der Waals surface area contributed by atoms with Crippen LogP contribution in [-0.2, 0) is 13.1 Å². The van der Waals surface area contributed by atoms with Gasteiger partial charge in [0.15, 0.2) is 0 Å². The summed E-state index contributed by atoms with van der Waals surface area (Å²) in [5, 5.41) is 3.42. The molecule has 1 heterocycles. The van der Waals surface area contributed by atoms with E-state index < -0.39 is 0 Å². The van der Waals surface area contributed by atoms with Gasteiger partial charge < -0.3 is 10.1 Å². The summed E-state index contributed by atoms with van der Waals surface area (Å²) in [6.07, 6.45) is 5.94. The number of aromatic nitrogens is 1. The zero-order valence-electron chi connectivity index (χ0n) is 12.0. The maximum absolute atomic E-state index is 5.71. The van der Waals surface area contributed by atoms with Gasteiger partial charge in [0.1, 0.15) is 5.75 Å². The molecule has 0 atom stereocenters. The number of nitrogens with zero attached hydrogens (tertiary/aromatic N) is 1.